The highest BCUT2D eigenvalue weighted by atomic mass is 16.5. The first-order chi connectivity index (χ1) is 21.7. The van der Waals surface area contributed by atoms with Crippen molar-refractivity contribution in [1.29, 1.82) is 0 Å². The Hall–Kier alpha value is -5.00. The number of fused-ring (bicyclic) bond motifs is 2. The third-order valence-corrected chi connectivity index (χ3v) is 8.91. The average Bonchev–Trinajstić information content (AvgIpc) is 3.59. The predicted octanol–water partition coefficient (Wildman–Crippen LogP) is 3.40. The summed E-state index contributed by atoms with van der Waals surface area (Å²) >= 11 is 0. The second kappa shape index (κ2) is 12.5. The van der Waals surface area contributed by atoms with Gasteiger partial charge in [-0.25, -0.2) is 0 Å². The Labute approximate surface area is 259 Å². The van der Waals surface area contributed by atoms with Crippen LogP contribution in [0, 0.1) is 18.8 Å². The summed E-state index contributed by atoms with van der Waals surface area (Å²) in [6.07, 6.45) is 2.87. The highest BCUT2D eigenvalue weighted by molar-refractivity contribution is 6.21. The van der Waals surface area contributed by atoms with Crippen LogP contribution in [0.1, 0.15) is 79.8 Å². The van der Waals surface area contributed by atoms with Crippen LogP contribution in [0.25, 0.3) is 0 Å². The Kier molecular flexibility index (Phi) is 8.38. The van der Waals surface area contributed by atoms with Gasteiger partial charge < -0.3 is 24.6 Å². The van der Waals surface area contributed by atoms with Gasteiger partial charge in [0, 0.05) is 18.2 Å². The van der Waals surface area contributed by atoms with E-state index in [1.54, 1.807) is 42.2 Å². The average molecular weight is 615 g/mol. The number of aryl methyl sites for hydroxylation is 1. The van der Waals surface area contributed by atoms with Crippen LogP contribution in [0.15, 0.2) is 53.1 Å². The molecule has 1 unspecified atom stereocenters. The number of carboxylic acids is 1. The van der Waals surface area contributed by atoms with Crippen molar-refractivity contribution in [1.82, 2.24) is 20.3 Å². The van der Waals surface area contributed by atoms with Gasteiger partial charge in [0.05, 0.1) is 42.1 Å². The number of aromatic nitrogens is 1. The number of imide groups is 1. The Morgan fingerprint density at radius 1 is 1.02 bits per heavy atom. The molecule has 3 aliphatic rings. The van der Waals surface area contributed by atoms with E-state index >= 15 is 0 Å². The van der Waals surface area contributed by atoms with Gasteiger partial charge in [0.15, 0.2) is 5.69 Å². The SMILES string of the molecule is Cc1cc(C(=O)NCCOc2cccc3c2C(CN2C(=O)c4ccccc4C2=O)N(C(=O)[C@@H]2CCCC[C@@H]2C(=O)O)CC3)no1. The summed E-state index contributed by atoms with van der Waals surface area (Å²) in [4.78, 5) is 68.4. The minimum atomic E-state index is -0.991. The molecular formula is C33H34N4O8. The second-order valence-electron chi connectivity index (χ2n) is 11.7. The quantitative estimate of drug-likeness (QED) is 0.272. The van der Waals surface area contributed by atoms with Crippen LogP contribution in [0.4, 0.5) is 0 Å². The largest absolute Gasteiger partial charge is 0.491 e. The highest BCUT2D eigenvalue weighted by Crippen LogP contribution is 2.41. The van der Waals surface area contributed by atoms with Gasteiger partial charge >= 0.3 is 5.97 Å². The van der Waals surface area contributed by atoms with Crippen molar-refractivity contribution >= 4 is 29.6 Å². The first-order valence-corrected chi connectivity index (χ1v) is 15.2. The van der Waals surface area contributed by atoms with E-state index in [2.05, 4.69) is 10.5 Å². The number of hydrogen-bond acceptors (Lipinski definition) is 8. The van der Waals surface area contributed by atoms with Gasteiger partial charge in [-0.1, -0.05) is 42.3 Å². The molecule has 2 aromatic carbocycles. The number of carbonyl (C=O) groups excluding carboxylic acids is 4. The standard InChI is InChI=1S/C33H34N4O8/c1-19-17-25(35-45-19)29(38)34-14-16-44-27-12-6-7-20-13-15-36(30(39)23-10-4-5-11-24(23)33(42)43)26(28(20)27)18-37-31(40)21-8-2-3-9-22(21)32(37)41/h2-3,6-9,12,17,23-24,26H,4-5,10-11,13-16,18H2,1H3,(H,34,38)(H,42,43)/t23-,24+,26?/m1/s1. The summed E-state index contributed by atoms with van der Waals surface area (Å²) < 4.78 is 11.1. The molecule has 234 valence electrons. The molecular weight excluding hydrogens is 580 g/mol. The van der Waals surface area contributed by atoms with E-state index in [1.807, 2.05) is 12.1 Å². The molecule has 2 aliphatic heterocycles. The van der Waals surface area contributed by atoms with Crippen LogP contribution in [0.2, 0.25) is 0 Å². The maximum atomic E-state index is 14.2. The number of benzene rings is 2. The Bertz CT molecular complexity index is 1630. The van der Waals surface area contributed by atoms with E-state index in [4.69, 9.17) is 9.26 Å². The van der Waals surface area contributed by atoms with E-state index in [0.29, 0.717) is 54.0 Å². The molecule has 0 spiro atoms. The molecule has 4 amide bonds. The van der Waals surface area contributed by atoms with Crippen molar-refractivity contribution in [2.24, 2.45) is 11.8 Å². The van der Waals surface area contributed by atoms with Crippen molar-refractivity contribution in [3.05, 3.63) is 82.2 Å². The Balaban J connectivity index is 1.29. The summed E-state index contributed by atoms with van der Waals surface area (Å²) in [5.74, 6) is -3.11. The monoisotopic (exact) mass is 614 g/mol. The first-order valence-electron chi connectivity index (χ1n) is 15.2. The molecule has 45 heavy (non-hydrogen) atoms. The minimum Gasteiger partial charge on any atom is -0.491 e. The molecule has 6 rings (SSSR count). The molecule has 0 saturated heterocycles. The van der Waals surface area contributed by atoms with Crippen LogP contribution in [0.5, 0.6) is 5.75 Å². The summed E-state index contributed by atoms with van der Waals surface area (Å²) in [6.45, 7) is 2.13. The fourth-order valence-electron chi connectivity index (χ4n) is 6.72. The molecule has 3 atom stereocenters. The smallest absolute Gasteiger partial charge is 0.307 e. The van der Waals surface area contributed by atoms with E-state index in [0.717, 1.165) is 23.3 Å². The van der Waals surface area contributed by atoms with Crippen LogP contribution < -0.4 is 10.1 Å². The predicted molar refractivity (Wildman–Crippen MR) is 159 cm³/mol. The Morgan fingerprint density at radius 3 is 2.40 bits per heavy atom. The number of aliphatic carboxylic acids is 1. The molecule has 12 heteroatoms. The molecule has 2 N–H and O–H groups in total. The zero-order valence-corrected chi connectivity index (χ0v) is 24.9. The summed E-state index contributed by atoms with van der Waals surface area (Å²) in [7, 11) is 0. The number of hydrogen-bond donors (Lipinski definition) is 2. The lowest BCUT2D eigenvalue weighted by molar-refractivity contribution is -0.153. The van der Waals surface area contributed by atoms with Crippen LogP contribution in [0.3, 0.4) is 0 Å². The fourth-order valence-corrected chi connectivity index (χ4v) is 6.72. The van der Waals surface area contributed by atoms with E-state index in [-0.39, 0.29) is 31.3 Å². The molecule has 1 aliphatic carbocycles. The van der Waals surface area contributed by atoms with Gasteiger partial charge in [-0.3, -0.25) is 28.9 Å². The number of nitrogens with one attached hydrogen (secondary N) is 1. The van der Waals surface area contributed by atoms with Crippen LogP contribution in [-0.4, -0.2) is 75.9 Å². The fraction of sp³-hybridized carbons (Fsp3) is 0.394. The topological polar surface area (TPSA) is 159 Å². The van der Waals surface area contributed by atoms with Crippen molar-refractivity contribution in [3.8, 4) is 5.75 Å². The number of carbonyl (C=O) groups is 5. The summed E-state index contributed by atoms with van der Waals surface area (Å²) in [5, 5.41) is 16.4. The maximum Gasteiger partial charge on any atom is 0.307 e. The number of nitrogens with zero attached hydrogens (tertiary/aromatic N) is 3. The highest BCUT2D eigenvalue weighted by Gasteiger charge is 2.45. The lowest BCUT2D eigenvalue weighted by Gasteiger charge is -2.42. The van der Waals surface area contributed by atoms with Crippen molar-refractivity contribution in [2.75, 3.05) is 26.2 Å². The van der Waals surface area contributed by atoms with Gasteiger partial charge in [-0.15, -0.1) is 0 Å². The molecule has 1 saturated carbocycles. The third kappa shape index (κ3) is 5.79. The summed E-state index contributed by atoms with van der Waals surface area (Å²) in [6, 6.07) is 12.9. The van der Waals surface area contributed by atoms with Gasteiger partial charge in [-0.2, -0.15) is 0 Å². The third-order valence-electron chi connectivity index (χ3n) is 8.91. The van der Waals surface area contributed by atoms with E-state index < -0.39 is 41.6 Å². The maximum absolute atomic E-state index is 14.2. The van der Waals surface area contributed by atoms with E-state index in [9.17, 15) is 29.1 Å². The number of carboxylic acid groups (broad SMARTS) is 1. The molecule has 0 radical (unpaired) electrons. The molecule has 1 fully saturated rings. The lowest BCUT2D eigenvalue weighted by atomic mass is 9.77. The van der Waals surface area contributed by atoms with Gasteiger partial charge in [0.2, 0.25) is 5.91 Å². The zero-order valence-electron chi connectivity index (χ0n) is 24.9. The summed E-state index contributed by atoms with van der Waals surface area (Å²) in [5.41, 5.74) is 2.32. The lowest BCUT2D eigenvalue weighted by Crippen LogP contribution is -2.50. The van der Waals surface area contributed by atoms with E-state index in [1.165, 1.54) is 6.07 Å². The van der Waals surface area contributed by atoms with Crippen molar-refractivity contribution in [3.63, 3.8) is 0 Å². The number of rotatable bonds is 9. The zero-order chi connectivity index (χ0) is 31.7. The molecule has 0 bridgehead atoms. The number of amides is 4. The van der Waals surface area contributed by atoms with Crippen LogP contribution in [-0.2, 0) is 16.0 Å². The Morgan fingerprint density at radius 2 is 1.73 bits per heavy atom. The van der Waals surface area contributed by atoms with Gasteiger partial charge in [0.25, 0.3) is 17.7 Å². The van der Waals surface area contributed by atoms with Crippen molar-refractivity contribution in [2.45, 2.75) is 45.1 Å². The normalized spacial score (nSPS) is 20.9. The molecule has 3 aromatic rings. The molecule has 3 heterocycles. The molecule has 12 nitrogen and oxygen atoms in total. The second-order valence-corrected chi connectivity index (χ2v) is 11.7. The minimum absolute atomic E-state index is 0.0937. The van der Waals surface area contributed by atoms with Crippen LogP contribution >= 0.6 is 0 Å². The van der Waals surface area contributed by atoms with Crippen molar-refractivity contribution < 1.29 is 38.3 Å². The van der Waals surface area contributed by atoms with Gasteiger partial charge in [0.1, 0.15) is 18.1 Å². The van der Waals surface area contributed by atoms with Gasteiger partial charge in [-0.05, 0) is 49.9 Å². The number of ether oxygens (including phenoxy) is 1. The first kappa shape index (κ1) is 30.0. The molecule has 1 aromatic heterocycles.